The summed E-state index contributed by atoms with van der Waals surface area (Å²) in [7, 11) is 0. The molecule has 0 atom stereocenters. The molecule has 1 aromatic heterocycles. The Kier molecular flexibility index (Phi) is 9.67. The van der Waals surface area contributed by atoms with Crippen molar-refractivity contribution in [2.45, 2.75) is 19.3 Å². The summed E-state index contributed by atoms with van der Waals surface area (Å²) in [6.07, 6.45) is 0.721. The second kappa shape index (κ2) is 13.8. The Balaban J connectivity index is 1.39. The molecule has 1 N–H and O–H groups in total. The number of halogens is 2. The molecule has 0 aliphatic carbocycles. The van der Waals surface area contributed by atoms with Gasteiger partial charge in [0.2, 0.25) is 0 Å². The maximum Gasteiger partial charge on any atom is 0.322 e. The van der Waals surface area contributed by atoms with Gasteiger partial charge >= 0.3 is 6.03 Å². The van der Waals surface area contributed by atoms with Crippen molar-refractivity contribution in [2.75, 3.05) is 51.3 Å². The highest BCUT2D eigenvalue weighted by atomic mass is 35.5. The van der Waals surface area contributed by atoms with Crippen molar-refractivity contribution in [2.24, 2.45) is 0 Å². The van der Waals surface area contributed by atoms with Crippen LogP contribution in [0.2, 0.25) is 5.02 Å². The van der Waals surface area contributed by atoms with Crippen LogP contribution in [0.5, 0.6) is 0 Å². The number of rotatable bonds is 10. The SMILES string of the molecule is Cc1onc(-c2c(F)cccc2Cl)c1NC(=O)N(CCC(c1ccccc1)c1ccccc1)CCN1CCOCC1. The number of amides is 2. The molecular weight excluding hydrogens is 543 g/mol. The van der Waals surface area contributed by atoms with Crippen LogP contribution in [0.25, 0.3) is 11.3 Å². The zero-order valence-electron chi connectivity index (χ0n) is 23.1. The molecule has 1 fully saturated rings. The summed E-state index contributed by atoms with van der Waals surface area (Å²) in [5.74, 6) is -0.0625. The number of morpholine rings is 1. The topological polar surface area (TPSA) is 70.8 Å². The second-order valence-corrected chi connectivity index (χ2v) is 10.5. The van der Waals surface area contributed by atoms with Gasteiger partial charge in [0.15, 0.2) is 5.76 Å². The molecule has 2 amide bonds. The number of aromatic nitrogens is 1. The van der Waals surface area contributed by atoms with E-state index in [1.165, 1.54) is 23.3 Å². The van der Waals surface area contributed by atoms with Crippen LogP contribution >= 0.6 is 11.6 Å². The maximum absolute atomic E-state index is 14.8. The predicted molar refractivity (Wildman–Crippen MR) is 159 cm³/mol. The molecule has 7 nitrogen and oxygen atoms in total. The third-order valence-electron chi connectivity index (χ3n) is 7.46. The molecule has 0 radical (unpaired) electrons. The molecule has 0 spiro atoms. The fraction of sp³-hybridized carbons (Fsp3) is 0.312. The van der Waals surface area contributed by atoms with Gasteiger partial charge in [0, 0.05) is 38.6 Å². The van der Waals surface area contributed by atoms with E-state index < -0.39 is 5.82 Å². The Labute approximate surface area is 244 Å². The van der Waals surface area contributed by atoms with Crippen molar-refractivity contribution in [1.29, 1.82) is 0 Å². The molecular formula is C32H34ClFN4O3. The first-order valence-electron chi connectivity index (χ1n) is 13.9. The van der Waals surface area contributed by atoms with E-state index in [1.54, 1.807) is 13.0 Å². The van der Waals surface area contributed by atoms with Gasteiger partial charge in [0.1, 0.15) is 17.2 Å². The average molecular weight is 577 g/mol. The van der Waals surface area contributed by atoms with Crippen molar-refractivity contribution < 1.29 is 18.4 Å². The molecule has 9 heteroatoms. The number of nitrogens with zero attached hydrogens (tertiary/aromatic N) is 3. The highest BCUT2D eigenvalue weighted by molar-refractivity contribution is 6.33. The lowest BCUT2D eigenvalue weighted by Crippen LogP contribution is -2.44. The molecule has 4 aromatic rings. The van der Waals surface area contributed by atoms with Crippen molar-refractivity contribution in [3.63, 3.8) is 0 Å². The summed E-state index contributed by atoms with van der Waals surface area (Å²) in [5, 5.41) is 7.19. The Morgan fingerprint density at radius 1 is 1.00 bits per heavy atom. The molecule has 3 aromatic carbocycles. The van der Waals surface area contributed by atoms with E-state index in [0.29, 0.717) is 44.3 Å². The normalized spacial score (nSPS) is 13.9. The zero-order valence-corrected chi connectivity index (χ0v) is 23.8. The molecule has 2 heterocycles. The number of anilines is 1. The smallest absolute Gasteiger partial charge is 0.322 e. The number of aryl methyl sites for hydroxylation is 1. The van der Waals surface area contributed by atoms with Gasteiger partial charge in [-0.2, -0.15) is 0 Å². The van der Waals surface area contributed by atoms with Gasteiger partial charge in [-0.15, -0.1) is 0 Å². The lowest BCUT2D eigenvalue weighted by atomic mass is 9.88. The second-order valence-electron chi connectivity index (χ2n) is 10.1. The van der Waals surface area contributed by atoms with Crippen LogP contribution in [0.4, 0.5) is 14.9 Å². The number of hydrogen-bond donors (Lipinski definition) is 1. The van der Waals surface area contributed by atoms with E-state index in [-0.39, 0.29) is 28.2 Å². The van der Waals surface area contributed by atoms with Gasteiger partial charge in [-0.1, -0.05) is 83.5 Å². The van der Waals surface area contributed by atoms with E-state index in [2.05, 4.69) is 39.6 Å². The van der Waals surface area contributed by atoms with Crippen molar-refractivity contribution in [1.82, 2.24) is 15.0 Å². The maximum atomic E-state index is 14.8. The first kappa shape index (κ1) is 28.8. The molecule has 1 saturated heterocycles. The Morgan fingerprint density at radius 2 is 1.66 bits per heavy atom. The van der Waals surface area contributed by atoms with E-state index in [1.807, 2.05) is 41.3 Å². The van der Waals surface area contributed by atoms with Gasteiger partial charge in [-0.25, -0.2) is 9.18 Å². The molecule has 1 aliphatic heterocycles. The van der Waals surface area contributed by atoms with Crippen LogP contribution in [-0.2, 0) is 4.74 Å². The van der Waals surface area contributed by atoms with Gasteiger partial charge in [-0.3, -0.25) is 4.90 Å². The minimum Gasteiger partial charge on any atom is -0.379 e. The van der Waals surface area contributed by atoms with E-state index in [0.717, 1.165) is 19.5 Å². The van der Waals surface area contributed by atoms with E-state index >= 15 is 0 Å². The summed E-state index contributed by atoms with van der Waals surface area (Å²) in [6, 6.07) is 24.8. The molecule has 41 heavy (non-hydrogen) atoms. The molecule has 0 bridgehead atoms. The van der Waals surface area contributed by atoms with Gasteiger partial charge in [-0.05, 0) is 36.6 Å². The van der Waals surface area contributed by atoms with Gasteiger partial charge < -0.3 is 19.5 Å². The van der Waals surface area contributed by atoms with Crippen LogP contribution in [0.15, 0.2) is 83.4 Å². The molecule has 1 aliphatic rings. The number of benzene rings is 3. The number of hydrogen-bond acceptors (Lipinski definition) is 5. The Morgan fingerprint density at radius 3 is 2.29 bits per heavy atom. The van der Waals surface area contributed by atoms with Gasteiger partial charge in [0.05, 0.1) is 23.8 Å². The standard InChI is InChI=1S/C32H34ClFN4O3/c1-23-30(31(36-41-23)29-27(33)13-8-14-28(29)34)35-32(39)38(18-17-37-19-21-40-22-20-37)16-15-26(24-9-4-2-5-10-24)25-11-6-3-7-12-25/h2-14,26H,15-22H2,1H3,(H,35,39). The van der Waals surface area contributed by atoms with Crippen LogP contribution in [0.1, 0.15) is 29.2 Å². The fourth-order valence-electron chi connectivity index (χ4n) is 5.18. The minimum atomic E-state index is -0.543. The molecule has 214 valence electrons. The quantitative estimate of drug-likeness (QED) is 0.224. The Hall–Kier alpha value is -3.72. The fourth-order valence-corrected chi connectivity index (χ4v) is 5.44. The third-order valence-corrected chi connectivity index (χ3v) is 7.78. The highest BCUT2D eigenvalue weighted by Gasteiger charge is 2.25. The molecule has 0 unspecified atom stereocenters. The van der Waals surface area contributed by atoms with Crippen molar-refractivity contribution >= 4 is 23.3 Å². The molecule has 0 saturated carbocycles. The number of urea groups is 1. The number of carbonyl (C=O) groups is 1. The first-order chi connectivity index (χ1) is 20.0. The highest BCUT2D eigenvalue weighted by Crippen LogP contribution is 2.36. The van der Waals surface area contributed by atoms with Crippen LogP contribution in [-0.4, -0.2) is 66.9 Å². The summed E-state index contributed by atoms with van der Waals surface area (Å²) in [4.78, 5) is 18.0. The minimum absolute atomic E-state index is 0.0920. The first-order valence-corrected chi connectivity index (χ1v) is 14.3. The summed E-state index contributed by atoms with van der Waals surface area (Å²) in [6.45, 7) is 6.44. The number of ether oxygens (including phenoxy) is 1. The lowest BCUT2D eigenvalue weighted by molar-refractivity contribution is 0.0351. The number of carbonyl (C=O) groups excluding carboxylic acids is 1. The number of nitrogens with one attached hydrogen (secondary N) is 1. The van der Waals surface area contributed by atoms with E-state index in [9.17, 15) is 9.18 Å². The van der Waals surface area contributed by atoms with E-state index in [4.69, 9.17) is 20.9 Å². The average Bonchev–Trinajstić information content (AvgIpc) is 3.35. The largest absolute Gasteiger partial charge is 0.379 e. The lowest BCUT2D eigenvalue weighted by Gasteiger charge is -2.31. The van der Waals surface area contributed by atoms with Crippen LogP contribution in [0, 0.1) is 12.7 Å². The summed E-state index contributed by atoms with van der Waals surface area (Å²) in [5.41, 5.74) is 2.95. The predicted octanol–water partition coefficient (Wildman–Crippen LogP) is 6.83. The Bertz CT molecular complexity index is 1370. The third kappa shape index (κ3) is 7.14. The van der Waals surface area contributed by atoms with Crippen LogP contribution < -0.4 is 5.32 Å². The monoisotopic (exact) mass is 576 g/mol. The molecule has 5 rings (SSSR count). The van der Waals surface area contributed by atoms with Crippen molar-refractivity contribution in [3.8, 4) is 11.3 Å². The summed E-state index contributed by atoms with van der Waals surface area (Å²) >= 11 is 6.32. The zero-order chi connectivity index (χ0) is 28.6. The van der Waals surface area contributed by atoms with Crippen LogP contribution in [0.3, 0.4) is 0 Å². The van der Waals surface area contributed by atoms with Gasteiger partial charge in [0.25, 0.3) is 0 Å². The van der Waals surface area contributed by atoms with Crippen molar-refractivity contribution in [3.05, 3.63) is 107 Å². The summed E-state index contributed by atoms with van der Waals surface area (Å²) < 4.78 is 25.6.